The molecule has 0 atom stereocenters. The second-order valence-corrected chi connectivity index (χ2v) is 7.27. The molecule has 1 aliphatic carbocycles. The minimum Gasteiger partial charge on any atom is -0.277 e. The molecule has 0 bridgehead atoms. The van der Waals surface area contributed by atoms with E-state index in [1.807, 2.05) is 40.1 Å². The third-order valence-corrected chi connectivity index (χ3v) is 6.10. The molecule has 1 aliphatic rings. The molecule has 108 valence electrons. The predicted molar refractivity (Wildman–Crippen MR) is 86.6 cm³/mol. The fraction of sp³-hybridized carbons (Fsp3) is 0.200. The van der Waals surface area contributed by atoms with E-state index in [-0.39, 0.29) is 0 Å². The van der Waals surface area contributed by atoms with Crippen LogP contribution in [0.2, 0.25) is 0 Å². The first-order valence-corrected chi connectivity index (χ1v) is 8.76. The van der Waals surface area contributed by atoms with E-state index < -0.39 is 0 Å². The van der Waals surface area contributed by atoms with Gasteiger partial charge in [0.05, 0.1) is 0 Å². The summed E-state index contributed by atoms with van der Waals surface area (Å²) in [6, 6.07) is 5.90. The molecule has 0 saturated heterocycles. The summed E-state index contributed by atoms with van der Waals surface area (Å²) in [7, 11) is 0. The van der Waals surface area contributed by atoms with Crippen molar-refractivity contribution in [3.05, 3.63) is 41.2 Å². The van der Waals surface area contributed by atoms with Crippen LogP contribution in [0.5, 0.6) is 0 Å². The first-order valence-electron chi connectivity index (χ1n) is 7.13. The molecule has 0 radical (unpaired) electrons. The van der Waals surface area contributed by atoms with Crippen molar-refractivity contribution in [1.29, 1.82) is 0 Å². The third kappa shape index (κ3) is 1.79. The molecule has 0 fully saturated rings. The molecule has 0 unspecified atom stereocenters. The number of pyridine rings is 1. The number of aromatic nitrogens is 5. The largest absolute Gasteiger partial charge is 0.277 e. The van der Waals surface area contributed by atoms with Gasteiger partial charge in [0.25, 0.3) is 0 Å². The van der Waals surface area contributed by atoms with Crippen molar-refractivity contribution >= 4 is 39.0 Å². The maximum absolute atomic E-state index is 4.52. The van der Waals surface area contributed by atoms with Crippen LogP contribution in [-0.4, -0.2) is 24.6 Å². The summed E-state index contributed by atoms with van der Waals surface area (Å²) in [6.07, 6.45) is 7.18. The van der Waals surface area contributed by atoms with Crippen molar-refractivity contribution in [3.63, 3.8) is 0 Å². The number of rotatable bonds is 2. The monoisotopic (exact) mass is 325 g/mol. The lowest BCUT2D eigenvalue weighted by molar-refractivity contribution is 0.911. The topological polar surface area (TPSA) is 56.0 Å². The van der Waals surface area contributed by atoms with Gasteiger partial charge >= 0.3 is 0 Å². The molecule has 5 rings (SSSR count). The second-order valence-electron chi connectivity index (χ2n) is 5.23. The number of thiophene rings is 1. The van der Waals surface area contributed by atoms with E-state index in [2.05, 4.69) is 20.2 Å². The van der Waals surface area contributed by atoms with Gasteiger partial charge in [0.2, 0.25) is 5.16 Å². The van der Waals surface area contributed by atoms with E-state index in [1.54, 1.807) is 18.1 Å². The van der Waals surface area contributed by atoms with Gasteiger partial charge in [-0.2, -0.15) is 0 Å². The van der Waals surface area contributed by atoms with Crippen LogP contribution in [-0.2, 0) is 12.8 Å². The molecule has 4 heterocycles. The van der Waals surface area contributed by atoms with Crippen molar-refractivity contribution in [2.24, 2.45) is 0 Å². The standard InChI is InChI=1S/C15H11N5S2/c1-2-7-20-11(6-1)18-19-15(20)22-14-12-9-4-3-5-10(9)21-13(12)16-8-17-14/h1-2,6-8H,3-5H2. The normalized spacial score (nSPS) is 14.0. The first-order chi connectivity index (χ1) is 10.9. The van der Waals surface area contributed by atoms with Gasteiger partial charge < -0.3 is 0 Å². The summed E-state index contributed by atoms with van der Waals surface area (Å²) in [5, 5.41) is 11.6. The molecule has 7 heteroatoms. The summed E-state index contributed by atoms with van der Waals surface area (Å²) in [4.78, 5) is 11.5. The zero-order chi connectivity index (χ0) is 14.5. The Kier molecular flexibility index (Phi) is 2.71. The molecule has 0 spiro atoms. The predicted octanol–water partition coefficient (Wildman–Crippen LogP) is 3.37. The van der Waals surface area contributed by atoms with Gasteiger partial charge in [-0.05, 0) is 48.7 Å². The minimum atomic E-state index is 0.841. The van der Waals surface area contributed by atoms with Crippen LogP contribution >= 0.6 is 23.1 Å². The zero-order valence-corrected chi connectivity index (χ0v) is 13.2. The van der Waals surface area contributed by atoms with Crippen LogP contribution in [0, 0.1) is 0 Å². The molecule has 4 aromatic heterocycles. The van der Waals surface area contributed by atoms with Crippen molar-refractivity contribution < 1.29 is 0 Å². The van der Waals surface area contributed by atoms with E-state index in [1.165, 1.54) is 28.7 Å². The van der Waals surface area contributed by atoms with Gasteiger partial charge in [0, 0.05) is 16.5 Å². The van der Waals surface area contributed by atoms with E-state index in [9.17, 15) is 0 Å². The maximum Gasteiger partial charge on any atom is 0.201 e. The number of hydrogen-bond donors (Lipinski definition) is 0. The highest BCUT2D eigenvalue weighted by Gasteiger charge is 2.22. The van der Waals surface area contributed by atoms with Crippen LogP contribution < -0.4 is 0 Å². The molecular weight excluding hydrogens is 314 g/mol. The minimum absolute atomic E-state index is 0.841. The molecule has 0 aromatic carbocycles. The quantitative estimate of drug-likeness (QED) is 0.529. The molecule has 0 saturated carbocycles. The van der Waals surface area contributed by atoms with E-state index in [0.29, 0.717) is 0 Å². The highest BCUT2D eigenvalue weighted by atomic mass is 32.2. The second kappa shape index (κ2) is 4.76. The van der Waals surface area contributed by atoms with Crippen molar-refractivity contribution in [2.75, 3.05) is 0 Å². The fourth-order valence-corrected chi connectivity index (χ4v) is 5.18. The van der Waals surface area contributed by atoms with Crippen LogP contribution in [0.1, 0.15) is 16.9 Å². The highest BCUT2D eigenvalue weighted by Crippen LogP contribution is 2.41. The summed E-state index contributed by atoms with van der Waals surface area (Å²) < 4.78 is 1.99. The Morgan fingerprint density at radius 2 is 2.14 bits per heavy atom. The molecular formula is C15H11N5S2. The van der Waals surface area contributed by atoms with Gasteiger partial charge in [0.1, 0.15) is 16.2 Å². The average Bonchev–Trinajstić information content (AvgIpc) is 3.22. The summed E-state index contributed by atoms with van der Waals surface area (Å²) in [5.74, 6) is 0. The van der Waals surface area contributed by atoms with Crippen LogP contribution in [0.3, 0.4) is 0 Å². The fourth-order valence-electron chi connectivity index (χ4n) is 2.95. The SMILES string of the molecule is c1ccn2c(Sc3ncnc4sc5c(c34)CCC5)nnc2c1. The summed E-state index contributed by atoms with van der Waals surface area (Å²) in [5.41, 5.74) is 2.29. The number of fused-ring (bicyclic) bond motifs is 4. The van der Waals surface area contributed by atoms with Gasteiger partial charge in [-0.1, -0.05) is 6.07 Å². The van der Waals surface area contributed by atoms with Crippen LogP contribution in [0.4, 0.5) is 0 Å². The molecule has 22 heavy (non-hydrogen) atoms. The van der Waals surface area contributed by atoms with Crippen molar-refractivity contribution in [1.82, 2.24) is 24.6 Å². The Bertz CT molecular complexity index is 1000. The highest BCUT2D eigenvalue weighted by molar-refractivity contribution is 7.99. The van der Waals surface area contributed by atoms with Crippen LogP contribution in [0.25, 0.3) is 15.9 Å². The summed E-state index contributed by atoms with van der Waals surface area (Å²) >= 11 is 3.38. The number of hydrogen-bond acceptors (Lipinski definition) is 6. The molecule has 4 aromatic rings. The van der Waals surface area contributed by atoms with E-state index in [4.69, 9.17) is 0 Å². The van der Waals surface area contributed by atoms with Gasteiger partial charge in [0.15, 0.2) is 5.65 Å². The van der Waals surface area contributed by atoms with E-state index >= 15 is 0 Å². The Morgan fingerprint density at radius 1 is 1.14 bits per heavy atom. The van der Waals surface area contributed by atoms with Gasteiger partial charge in [-0.15, -0.1) is 21.5 Å². The van der Waals surface area contributed by atoms with Crippen molar-refractivity contribution in [3.8, 4) is 0 Å². The average molecular weight is 325 g/mol. The molecule has 5 nitrogen and oxygen atoms in total. The lowest BCUT2D eigenvalue weighted by Gasteiger charge is -2.02. The lowest BCUT2D eigenvalue weighted by Crippen LogP contribution is -1.90. The Morgan fingerprint density at radius 3 is 3.14 bits per heavy atom. The first kappa shape index (κ1) is 12.5. The lowest BCUT2D eigenvalue weighted by atomic mass is 10.2. The summed E-state index contributed by atoms with van der Waals surface area (Å²) in [6.45, 7) is 0. The van der Waals surface area contributed by atoms with Crippen molar-refractivity contribution in [2.45, 2.75) is 29.4 Å². The number of nitrogens with zero attached hydrogens (tertiary/aromatic N) is 5. The number of aryl methyl sites for hydroxylation is 2. The third-order valence-electron chi connectivity index (χ3n) is 3.94. The van der Waals surface area contributed by atoms with Gasteiger partial charge in [-0.25, -0.2) is 9.97 Å². The zero-order valence-electron chi connectivity index (χ0n) is 11.6. The Balaban J connectivity index is 1.68. The molecule has 0 amide bonds. The molecule has 0 N–H and O–H groups in total. The van der Waals surface area contributed by atoms with Crippen LogP contribution in [0.15, 0.2) is 40.9 Å². The smallest absolute Gasteiger partial charge is 0.201 e. The maximum atomic E-state index is 4.52. The van der Waals surface area contributed by atoms with E-state index in [0.717, 1.165) is 27.1 Å². The molecule has 0 aliphatic heterocycles. The van der Waals surface area contributed by atoms with Gasteiger partial charge in [-0.3, -0.25) is 4.40 Å². The Labute approximate surface area is 134 Å². The Hall–Kier alpha value is -1.99.